The van der Waals surface area contributed by atoms with Crippen molar-refractivity contribution in [2.24, 2.45) is 7.05 Å². The molecule has 1 N–H and O–H groups in total. The Morgan fingerprint density at radius 2 is 1.80 bits per heavy atom. The SMILES string of the molecule is Cn1nc(C(F)(F)F)c(C(CC(=O)O)B2OC(C)(C)C(C)(C)O2)c1Cl. The number of halogens is 4. The lowest BCUT2D eigenvalue weighted by Crippen LogP contribution is -2.41. The molecule has 1 saturated heterocycles. The van der Waals surface area contributed by atoms with E-state index in [0.29, 0.717) is 0 Å². The highest BCUT2D eigenvalue weighted by molar-refractivity contribution is 6.48. The normalized spacial score (nSPS) is 20.8. The summed E-state index contributed by atoms with van der Waals surface area (Å²) in [5.41, 5.74) is -3.33. The minimum Gasteiger partial charge on any atom is -0.481 e. The van der Waals surface area contributed by atoms with Crippen LogP contribution in [0.5, 0.6) is 0 Å². The Morgan fingerprint density at radius 1 is 1.32 bits per heavy atom. The molecule has 1 unspecified atom stereocenters. The Bertz CT molecular complexity index is 674. The van der Waals surface area contributed by atoms with Crippen LogP contribution < -0.4 is 0 Å². The van der Waals surface area contributed by atoms with Crippen LogP contribution in [0.3, 0.4) is 0 Å². The number of aromatic nitrogens is 2. The third-order valence-corrected chi connectivity index (χ3v) is 5.09. The summed E-state index contributed by atoms with van der Waals surface area (Å²) < 4.78 is 52.5. The highest BCUT2D eigenvalue weighted by Crippen LogP contribution is 2.46. The number of aryl methyl sites for hydroxylation is 1. The molecular formula is C14H19BClF3N2O4. The first-order chi connectivity index (χ1) is 11.2. The number of carboxylic acids is 1. The topological polar surface area (TPSA) is 73.6 Å². The summed E-state index contributed by atoms with van der Waals surface area (Å²) >= 11 is 6.02. The van der Waals surface area contributed by atoms with E-state index >= 15 is 0 Å². The van der Waals surface area contributed by atoms with Gasteiger partial charge in [-0.05, 0) is 27.7 Å². The number of hydrogen-bond acceptors (Lipinski definition) is 4. The summed E-state index contributed by atoms with van der Waals surface area (Å²) in [7, 11) is 0.0484. The number of alkyl halides is 3. The van der Waals surface area contributed by atoms with Crippen molar-refractivity contribution in [1.29, 1.82) is 0 Å². The van der Waals surface area contributed by atoms with Crippen LogP contribution >= 0.6 is 11.6 Å². The van der Waals surface area contributed by atoms with E-state index in [4.69, 9.17) is 20.9 Å². The smallest absolute Gasteiger partial charge is 0.466 e. The highest BCUT2D eigenvalue weighted by Gasteiger charge is 2.56. The fourth-order valence-electron chi connectivity index (χ4n) is 2.63. The van der Waals surface area contributed by atoms with Gasteiger partial charge in [0.25, 0.3) is 0 Å². The highest BCUT2D eigenvalue weighted by atomic mass is 35.5. The van der Waals surface area contributed by atoms with Gasteiger partial charge in [0.2, 0.25) is 0 Å². The van der Waals surface area contributed by atoms with E-state index in [0.717, 1.165) is 4.68 Å². The van der Waals surface area contributed by atoms with Crippen molar-refractivity contribution < 1.29 is 32.4 Å². The zero-order chi connectivity index (χ0) is 19.4. The summed E-state index contributed by atoms with van der Waals surface area (Å²) in [6.45, 7) is 6.89. The van der Waals surface area contributed by atoms with Crippen molar-refractivity contribution in [2.45, 2.75) is 57.3 Å². The van der Waals surface area contributed by atoms with E-state index < -0.39 is 54.0 Å². The van der Waals surface area contributed by atoms with Crippen molar-refractivity contribution in [2.75, 3.05) is 0 Å². The zero-order valence-electron chi connectivity index (χ0n) is 14.4. The molecule has 0 aromatic carbocycles. The molecule has 6 nitrogen and oxygen atoms in total. The number of nitrogens with zero attached hydrogens (tertiary/aromatic N) is 2. The summed E-state index contributed by atoms with van der Waals surface area (Å²) in [5, 5.41) is 12.3. The molecule has 0 aliphatic carbocycles. The van der Waals surface area contributed by atoms with Gasteiger partial charge in [0, 0.05) is 18.4 Å². The van der Waals surface area contributed by atoms with Crippen LogP contribution in [0.1, 0.15) is 51.2 Å². The van der Waals surface area contributed by atoms with E-state index in [2.05, 4.69) is 5.10 Å². The quantitative estimate of drug-likeness (QED) is 0.809. The van der Waals surface area contributed by atoms with Gasteiger partial charge in [-0.15, -0.1) is 0 Å². The Morgan fingerprint density at radius 3 is 2.20 bits per heavy atom. The second-order valence-corrected chi connectivity index (χ2v) is 7.36. The molecule has 25 heavy (non-hydrogen) atoms. The molecular weight excluding hydrogens is 363 g/mol. The molecule has 11 heteroatoms. The van der Waals surface area contributed by atoms with Gasteiger partial charge in [0.15, 0.2) is 5.69 Å². The molecule has 1 aromatic heterocycles. The summed E-state index contributed by atoms with van der Waals surface area (Å²) in [6.07, 6.45) is -5.44. The van der Waals surface area contributed by atoms with Crippen LogP contribution in [0.15, 0.2) is 0 Å². The van der Waals surface area contributed by atoms with E-state index in [1.54, 1.807) is 27.7 Å². The van der Waals surface area contributed by atoms with Crippen LogP contribution in [0, 0.1) is 0 Å². The number of rotatable bonds is 4. The molecule has 2 heterocycles. The summed E-state index contributed by atoms with van der Waals surface area (Å²) in [6, 6.07) is 0. The predicted molar refractivity (Wildman–Crippen MR) is 84.3 cm³/mol. The largest absolute Gasteiger partial charge is 0.481 e. The average molecular weight is 383 g/mol. The Kier molecular flexibility index (Phi) is 4.95. The Labute approximate surface area is 148 Å². The maximum atomic E-state index is 13.4. The fourth-order valence-corrected chi connectivity index (χ4v) is 2.90. The van der Waals surface area contributed by atoms with Gasteiger partial charge in [-0.25, -0.2) is 0 Å². The number of hydrogen-bond donors (Lipinski definition) is 1. The minimum atomic E-state index is -4.79. The fraction of sp³-hybridized carbons (Fsp3) is 0.714. The molecule has 0 spiro atoms. The second kappa shape index (κ2) is 6.17. The maximum Gasteiger partial charge on any atom is 0.466 e. The van der Waals surface area contributed by atoms with Gasteiger partial charge in [-0.3, -0.25) is 9.48 Å². The molecule has 140 valence electrons. The van der Waals surface area contributed by atoms with Crippen molar-refractivity contribution in [3.05, 3.63) is 16.4 Å². The Balaban J connectivity index is 2.56. The van der Waals surface area contributed by atoms with Gasteiger partial charge in [-0.2, -0.15) is 18.3 Å². The number of carbonyl (C=O) groups is 1. The molecule has 1 aliphatic heterocycles. The molecule has 0 saturated carbocycles. The third kappa shape index (κ3) is 3.66. The number of carboxylic acid groups (broad SMARTS) is 1. The molecule has 1 fully saturated rings. The van der Waals surface area contributed by atoms with Crippen molar-refractivity contribution >= 4 is 24.7 Å². The summed E-state index contributed by atoms with van der Waals surface area (Å²) in [4.78, 5) is 11.3. The molecule has 0 amide bonds. The van der Waals surface area contributed by atoms with Gasteiger partial charge < -0.3 is 14.4 Å². The number of aliphatic carboxylic acids is 1. The predicted octanol–water partition coefficient (Wildman–Crippen LogP) is 3.28. The molecule has 0 radical (unpaired) electrons. The van der Waals surface area contributed by atoms with Gasteiger partial charge in [-0.1, -0.05) is 11.6 Å². The van der Waals surface area contributed by atoms with Gasteiger partial charge in [0.05, 0.1) is 17.6 Å². The lowest BCUT2D eigenvalue weighted by Gasteiger charge is -2.32. The lowest BCUT2D eigenvalue weighted by molar-refractivity contribution is -0.143. The first-order valence-corrected chi connectivity index (χ1v) is 7.92. The van der Waals surface area contributed by atoms with Gasteiger partial charge in [0.1, 0.15) is 5.15 Å². The summed E-state index contributed by atoms with van der Waals surface area (Å²) in [5.74, 6) is -2.57. The third-order valence-electron chi connectivity index (χ3n) is 4.65. The molecule has 0 bridgehead atoms. The molecule has 2 rings (SSSR count). The zero-order valence-corrected chi connectivity index (χ0v) is 15.2. The average Bonchev–Trinajstić information content (AvgIpc) is 2.81. The van der Waals surface area contributed by atoms with Crippen LogP contribution in [-0.2, 0) is 27.3 Å². The Hall–Kier alpha value is -1.26. The molecule has 1 atom stereocenters. The van der Waals surface area contributed by atoms with E-state index in [1.807, 2.05) is 0 Å². The van der Waals surface area contributed by atoms with Gasteiger partial charge >= 0.3 is 19.3 Å². The molecule has 1 aromatic rings. The maximum absolute atomic E-state index is 13.4. The van der Waals surface area contributed by atoms with Crippen LogP contribution in [-0.4, -0.2) is 39.2 Å². The van der Waals surface area contributed by atoms with E-state index in [1.165, 1.54) is 7.05 Å². The van der Waals surface area contributed by atoms with Crippen molar-refractivity contribution in [3.8, 4) is 0 Å². The van der Waals surface area contributed by atoms with E-state index in [9.17, 15) is 23.1 Å². The minimum absolute atomic E-state index is 0.298. The van der Waals surface area contributed by atoms with Crippen LogP contribution in [0.4, 0.5) is 13.2 Å². The van der Waals surface area contributed by atoms with Crippen LogP contribution in [0.25, 0.3) is 0 Å². The monoisotopic (exact) mass is 382 g/mol. The van der Waals surface area contributed by atoms with Crippen molar-refractivity contribution in [1.82, 2.24) is 9.78 Å². The standard InChI is InChI=1S/C14H19BClF3N2O4/c1-12(2)13(3,4)25-15(24-12)7(6-8(22)23)9-10(14(17,18)19)20-21(5)11(9)16/h7H,6H2,1-5H3,(H,22,23). The first kappa shape index (κ1) is 20.1. The van der Waals surface area contributed by atoms with Crippen molar-refractivity contribution in [3.63, 3.8) is 0 Å². The first-order valence-electron chi connectivity index (χ1n) is 7.54. The second-order valence-electron chi connectivity index (χ2n) is 7.00. The molecule has 1 aliphatic rings. The van der Waals surface area contributed by atoms with Crippen LogP contribution in [0.2, 0.25) is 5.15 Å². The van der Waals surface area contributed by atoms with E-state index in [-0.39, 0.29) is 5.15 Å². The lowest BCUT2D eigenvalue weighted by atomic mass is 9.66.